The van der Waals surface area contributed by atoms with Crippen molar-refractivity contribution in [2.45, 2.75) is 50.7 Å². The molecule has 1 atom stereocenters. The minimum atomic E-state index is -0.307. The van der Waals surface area contributed by atoms with E-state index in [9.17, 15) is 14.3 Å². The van der Waals surface area contributed by atoms with Crippen LogP contribution in [0.4, 0.5) is 4.39 Å². The summed E-state index contributed by atoms with van der Waals surface area (Å²) in [5, 5.41) is 13.4. The molecular weight excluding hydrogens is 343 g/mol. The van der Waals surface area contributed by atoms with E-state index in [1.54, 1.807) is 24.3 Å². The molecule has 2 N–H and O–H groups in total. The second-order valence-electron chi connectivity index (χ2n) is 7.86. The number of carbonyl (C=O) groups is 1. The van der Waals surface area contributed by atoms with Crippen molar-refractivity contribution in [1.29, 1.82) is 0 Å². The number of pyridine rings is 1. The van der Waals surface area contributed by atoms with Crippen molar-refractivity contribution in [3.8, 4) is 11.3 Å². The molecule has 0 aliphatic heterocycles. The first kappa shape index (κ1) is 18.1. The molecule has 2 fully saturated rings. The highest BCUT2D eigenvalue weighted by molar-refractivity contribution is 5.94. The van der Waals surface area contributed by atoms with Gasteiger partial charge in [-0.1, -0.05) is 12.1 Å². The number of benzene rings is 1. The summed E-state index contributed by atoms with van der Waals surface area (Å²) in [6.45, 7) is 0. The van der Waals surface area contributed by atoms with Gasteiger partial charge in [-0.2, -0.15) is 0 Å². The van der Waals surface area contributed by atoms with Gasteiger partial charge in [0.25, 0.3) is 5.91 Å². The SMILES string of the molecule is O=C(N[C@H]1CC[C@H]([C@H](O)C2CC2)CC1)c1ccc(-c2cccc(F)c2)nc1. The summed E-state index contributed by atoms with van der Waals surface area (Å²) in [7, 11) is 0. The lowest BCUT2D eigenvalue weighted by molar-refractivity contribution is 0.0590. The quantitative estimate of drug-likeness (QED) is 0.840. The van der Waals surface area contributed by atoms with Gasteiger partial charge < -0.3 is 10.4 Å². The Hall–Kier alpha value is -2.27. The average molecular weight is 368 g/mol. The second kappa shape index (κ2) is 7.77. The van der Waals surface area contributed by atoms with Gasteiger partial charge >= 0.3 is 0 Å². The monoisotopic (exact) mass is 368 g/mol. The van der Waals surface area contributed by atoms with Gasteiger partial charge in [0.15, 0.2) is 0 Å². The number of halogens is 1. The molecule has 4 nitrogen and oxygen atoms in total. The summed E-state index contributed by atoms with van der Waals surface area (Å²) in [5.74, 6) is 0.472. The number of hydrogen-bond acceptors (Lipinski definition) is 3. The third kappa shape index (κ3) is 4.35. The molecule has 1 heterocycles. The number of nitrogens with one attached hydrogen (secondary N) is 1. The fourth-order valence-corrected chi connectivity index (χ4v) is 4.04. The number of amides is 1. The Morgan fingerprint density at radius 3 is 2.37 bits per heavy atom. The van der Waals surface area contributed by atoms with Gasteiger partial charge in [0.2, 0.25) is 0 Å². The highest BCUT2D eigenvalue weighted by Gasteiger charge is 2.37. The lowest BCUT2D eigenvalue weighted by Gasteiger charge is -2.32. The summed E-state index contributed by atoms with van der Waals surface area (Å²) >= 11 is 0. The molecule has 0 bridgehead atoms. The molecule has 5 heteroatoms. The second-order valence-corrected chi connectivity index (χ2v) is 7.86. The van der Waals surface area contributed by atoms with Gasteiger partial charge in [0.05, 0.1) is 17.4 Å². The maximum absolute atomic E-state index is 13.3. The fraction of sp³-hybridized carbons (Fsp3) is 0.455. The molecular formula is C22H25FN2O2. The number of aromatic nitrogens is 1. The molecule has 142 valence electrons. The van der Waals surface area contributed by atoms with Crippen LogP contribution in [0.5, 0.6) is 0 Å². The van der Waals surface area contributed by atoms with Crippen LogP contribution in [0.2, 0.25) is 0 Å². The minimum absolute atomic E-state index is 0.125. The number of aliphatic hydroxyl groups is 1. The molecule has 0 radical (unpaired) electrons. The summed E-state index contributed by atoms with van der Waals surface area (Å²) < 4.78 is 13.3. The first-order valence-corrected chi connectivity index (χ1v) is 9.81. The van der Waals surface area contributed by atoms with Crippen molar-refractivity contribution < 1.29 is 14.3 Å². The lowest BCUT2D eigenvalue weighted by atomic mass is 9.81. The zero-order valence-corrected chi connectivity index (χ0v) is 15.3. The average Bonchev–Trinajstić information content (AvgIpc) is 3.53. The standard InChI is InChI=1S/C22H25FN2O2/c23-18-3-1-2-16(12-18)20-11-8-17(13-24-20)22(27)25-19-9-6-15(7-10-19)21(26)14-4-5-14/h1-3,8,11-15,19,21,26H,4-7,9-10H2,(H,25,27)/t15-,19-,21-/m1/s1. The predicted octanol–water partition coefficient (Wildman–Crippen LogP) is 3.95. The van der Waals surface area contributed by atoms with Crippen molar-refractivity contribution >= 4 is 5.91 Å². The maximum Gasteiger partial charge on any atom is 0.253 e. The molecule has 1 aromatic carbocycles. The molecule has 27 heavy (non-hydrogen) atoms. The van der Waals surface area contributed by atoms with Gasteiger partial charge in [-0.25, -0.2) is 4.39 Å². The zero-order valence-electron chi connectivity index (χ0n) is 15.3. The molecule has 1 amide bonds. The van der Waals surface area contributed by atoms with Gasteiger partial charge in [0, 0.05) is 17.8 Å². The Kier molecular flexibility index (Phi) is 5.21. The lowest BCUT2D eigenvalue weighted by Crippen LogP contribution is -2.39. The largest absolute Gasteiger partial charge is 0.393 e. The van der Waals surface area contributed by atoms with E-state index >= 15 is 0 Å². The van der Waals surface area contributed by atoms with Gasteiger partial charge in [0.1, 0.15) is 5.82 Å². The number of aliphatic hydroxyl groups excluding tert-OH is 1. The topological polar surface area (TPSA) is 62.2 Å². The van der Waals surface area contributed by atoms with E-state index in [0.717, 1.165) is 38.5 Å². The van der Waals surface area contributed by atoms with Crippen LogP contribution in [-0.4, -0.2) is 28.1 Å². The van der Waals surface area contributed by atoms with E-state index < -0.39 is 0 Å². The molecule has 4 rings (SSSR count). The van der Waals surface area contributed by atoms with Gasteiger partial charge in [-0.15, -0.1) is 0 Å². The minimum Gasteiger partial charge on any atom is -0.393 e. The number of rotatable bonds is 5. The first-order valence-electron chi connectivity index (χ1n) is 9.81. The molecule has 1 aromatic heterocycles. The van der Waals surface area contributed by atoms with Crippen molar-refractivity contribution in [3.63, 3.8) is 0 Å². The Labute approximate surface area is 158 Å². The normalized spacial score (nSPS) is 23.6. The summed E-state index contributed by atoms with van der Waals surface area (Å²) in [6, 6.07) is 9.88. The third-order valence-corrected chi connectivity index (χ3v) is 5.84. The molecule has 2 saturated carbocycles. The summed E-state index contributed by atoms with van der Waals surface area (Å²) in [6.07, 6.45) is 7.48. The van der Waals surface area contributed by atoms with Crippen LogP contribution in [0.25, 0.3) is 11.3 Å². The van der Waals surface area contributed by atoms with Crippen LogP contribution in [0.3, 0.4) is 0 Å². The third-order valence-electron chi connectivity index (χ3n) is 5.84. The molecule has 0 saturated heterocycles. The molecule has 2 aliphatic carbocycles. The van der Waals surface area contributed by atoms with Crippen LogP contribution in [-0.2, 0) is 0 Å². The Balaban J connectivity index is 1.32. The first-order chi connectivity index (χ1) is 13.1. The molecule has 2 aromatic rings. The van der Waals surface area contributed by atoms with Crippen LogP contribution in [0.1, 0.15) is 48.9 Å². The van der Waals surface area contributed by atoms with Crippen LogP contribution in [0, 0.1) is 17.7 Å². The smallest absolute Gasteiger partial charge is 0.253 e. The highest BCUT2D eigenvalue weighted by Crippen LogP contribution is 2.40. The van der Waals surface area contributed by atoms with Crippen molar-refractivity contribution in [1.82, 2.24) is 10.3 Å². The molecule has 2 aliphatic rings. The van der Waals surface area contributed by atoms with E-state index in [4.69, 9.17) is 0 Å². The van der Waals surface area contributed by atoms with E-state index in [1.165, 1.54) is 18.3 Å². The zero-order chi connectivity index (χ0) is 18.8. The summed E-state index contributed by atoms with van der Waals surface area (Å²) in [5.41, 5.74) is 1.84. The maximum atomic E-state index is 13.3. The summed E-state index contributed by atoms with van der Waals surface area (Å²) in [4.78, 5) is 16.8. The Bertz CT molecular complexity index is 796. The van der Waals surface area contributed by atoms with Crippen LogP contribution in [0.15, 0.2) is 42.6 Å². The van der Waals surface area contributed by atoms with E-state index in [1.807, 2.05) is 0 Å². The molecule has 0 unspecified atom stereocenters. The molecule has 0 spiro atoms. The number of hydrogen-bond donors (Lipinski definition) is 2. The fourth-order valence-electron chi connectivity index (χ4n) is 4.04. The van der Waals surface area contributed by atoms with Crippen LogP contribution >= 0.6 is 0 Å². The Morgan fingerprint density at radius 2 is 1.78 bits per heavy atom. The number of carbonyl (C=O) groups excluding carboxylic acids is 1. The van der Waals surface area contributed by atoms with Gasteiger partial charge in [-0.05, 0) is 74.6 Å². The Morgan fingerprint density at radius 1 is 1.07 bits per heavy atom. The van der Waals surface area contributed by atoms with Crippen molar-refractivity contribution in [2.24, 2.45) is 11.8 Å². The van der Waals surface area contributed by atoms with Crippen LogP contribution < -0.4 is 5.32 Å². The van der Waals surface area contributed by atoms with Gasteiger partial charge in [-0.3, -0.25) is 9.78 Å². The number of nitrogens with zero attached hydrogens (tertiary/aromatic N) is 1. The highest BCUT2D eigenvalue weighted by atomic mass is 19.1. The van der Waals surface area contributed by atoms with E-state index in [2.05, 4.69) is 10.3 Å². The van der Waals surface area contributed by atoms with Crippen molar-refractivity contribution in [3.05, 3.63) is 54.0 Å². The van der Waals surface area contributed by atoms with E-state index in [0.29, 0.717) is 28.7 Å². The predicted molar refractivity (Wildman–Crippen MR) is 102 cm³/mol. The van der Waals surface area contributed by atoms with E-state index in [-0.39, 0.29) is 23.9 Å². The van der Waals surface area contributed by atoms with Crippen molar-refractivity contribution in [2.75, 3.05) is 0 Å².